The van der Waals surface area contributed by atoms with E-state index in [9.17, 15) is 14.7 Å². The maximum atomic E-state index is 12.3. The molecule has 0 spiro atoms. The van der Waals surface area contributed by atoms with Crippen LogP contribution in [0.15, 0.2) is 42.5 Å². The second-order valence-electron chi connectivity index (χ2n) is 6.42. The Morgan fingerprint density at radius 2 is 1.87 bits per heavy atom. The highest BCUT2D eigenvalue weighted by Gasteiger charge is 2.18. The van der Waals surface area contributed by atoms with Gasteiger partial charge in [0.1, 0.15) is 10.8 Å². The number of phenols is 1. The second-order valence-corrected chi connectivity index (χ2v) is 7.18. The largest absolute Gasteiger partial charge is 0.504 e. The van der Waals surface area contributed by atoms with E-state index in [1.165, 1.54) is 25.3 Å². The molecule has 0 atom stereocenters. The predicted molar refractivity (Wildman–Crippen MR) is 117 cm³/mol. The van der Waals surface area contributed by atoms with Gasteiger partial charge in [-0.05, 0) is 48.2 Å². The summed E-state index contributed by atoms with van der Waals surface area (Å²) in [5, 5.41) is 12.5. The maximum Gasteiger partial charge on any atom is 0.257 e. The first-order valence-corrected chi connectivity index (χ1v) is 9.99. The zero-order valence-electron chi connectivity index (χ0n) is 16.8. The molecule has 1 amide bonds. The van der Waals surface area contributed by atoms with Crippen LogP contribution in [0.4, 0.5) is 0 Å². The number of allylic oxidation sites excluding steroid dienone is 1. The number of rotatable bonds is 10. The SMILES string of the molecule is C=C(CC)C(=O)c1ccc(OCC(=O)NCCc2ccc(O)c(OC)c2)c(Cl)c1Cl. The summed E-state index contributed by atoms with van der Waals surface area (Å²) >= 11 is 12.4. The molecule has 8 heteroatoms. The van der Waals surface area contributed by atoms with E-state index in [1.54, 1.807) is 12.1 Å². The third kappa shape index (κ3) is 5.90. The van der Waals surface area contributed by atoms with Crippen LogP contribution in [-0.4, -0.2) is 37.1 Å². The van der Waals surface area contributed by atoms with Crippen LogP contribution in [-0.2, 0) is 11.2 Å². The van der Waals surface area contributed by atoms with Crippen LogP contribution < -0.4 is 14.8 Å². The van der Waals surface area contributed by atoms with Crippen molar-refractivity contribution in [3.63, 3.8) is 0 Å². The second kappa shape index (κ2) is 10.9. The fourth-order valence-corrected chi connectivity index (χ4v) is 3.05. The van der Waals surface area contributed by atoms with Crippen molar-refractivity contribution in [1.82, 2.24) is 5.32 Å². The fourth-order valence-electron chi connectivity index (χ4n) is 2.59. The number of phenolic OH excluding ortho intramolecular Hbond substituents is 1. The van der Waals surface area contributed by atoms with Crippen molar-refractivity contribution >= 4 is 34.9 Å². The molecule has 2 aromatic carbocycles. The number of methoxy groups -OCH3 is 1. The summed E-state index contributed by atoms with van der Waals surface area (Å²) in [6, 6.07) is 7.99. The van der Waals surface area contributed by atoms with Gasteiger partial charge in [-0.3, -0.25) is 9.59 Å². The summed E-state index contributed by atoms with van der Waals surface area (Å²) in [5.74, 6) is 0.0184. The van der Waals surface area contributed by atoms with Gasteiger partial charge in [0.15, 0.2) is 23.9 Å². The molecule has 2 rings (SSSR count). The summed E-state index contributed by atoms with van der Waals surface area (Å²) in [7, 11) is 1.47. The molecule has 0 aromatic heterocycles. The Morgan fingerprint density at radius 1 is 1.13 bits per heavy atom. The molecule has 0 aliphatic carbocycles. The molecule has 30 heavy (non-hydrogen) atoms. The van der Waals surface area contributed by atoms with E-state index >= 15 is 0 Å². The first-order valence-electron chi connectivity index (χ1n) is 9.24. The first kappa shape index (κ1) is 23.6. The number of hydrogen-bond donors (Lipinski definition) is 2. The van der Waals surface area contributed by atoms with Gasteiger partial charge in [0.2, 0.25) is 0 Å². The molecular formula is C22H23Cl2NO5. The third-order valence-corrected chi connectivity index (χ3v) is 5.24. The molecule has 0 saturated carbocycles. The number of aromatic hydroxyl groups is 1. The highest BCUT2D eigenvalue weighted by Crippen LogP contribution is 2.35. The molecule has 0 heterocycles. The lowest BCUT2D eigenvalue weighted by Gasteiger charge is -2.12. The minimum atomic E-state index is -0.340. The van der Waals surface area contributed by atoms with Crippen molar-refractivity contribution in [3.8, 4) is 17.2 Å². The Bertz CT molecular complexity index is 959. The number of carbonyl (C=O) groups is 2. The van der Waals surface area contributed by atoms with Crippen molar-refractivity contribution in [1.29, 1.82) is 0 Å². The van der Waals surface area contributed by atoms with E-state index < -0.39 is 0 Å². The first-order chi connectivity index (χ1) is 14.3. The van der Waals surface area contributed by atoms with E-state index in [2.05, 4.69) is 11.9 Å². The lowest BCUT2D eigenvalue weighted by atomic mass is 10.0. The number of ether oxygens (including phenoxy) is 2. The van der Waals surface area contributed by atoms with Crippen LogP contribution >= 0.6 is 23.2 Å². The molecule has 6 nitrogen and oxygen atoms in total. The average Bonchev–Trinajstić information content (AvgIpc) is 2.74. The Balaban J connectivity index is 1.89. The lowest BCUT2D eigenvalue weighted by Crippen LogP contribution is -2.30. The van der Waals surface area contributed by atoms with E-state index in [-0.39, 0.29) is 45.4 Å². The molecular weight excluding hydrogens is 429 g/mol. The molecule has 160 valence electrons. The van der Waals surface area contributed by atoms with Crippen LogP contribution in [0.2, 0.25) is 10.0 Å². The number of halogens is 2. The van der Waals surface area contributed by atoms with Crippen molar-refractivity contribution in [2.24, 2.45) is 0 Å². The summed E-state index contributed by atoms with van der Waals surface area (Å²) in [6.07, 6.45) is 1.05. The Labute approximate surface area is 185 Å². The summed E-state index contributed by atoms with van der Waals surface area (Å²) in [4.78, 5) is 24.3. The Hall–Kier alpha value is -2.70. The molecule has 2 aromatic rings. The Morgan fingerprint density at radius 3 is 2.53 bits per heavy atom. The van der Waals surface area contributed by atoms with Gasteiger partial charge in [-0.2, -0.15) is 0 Å². The normalized spacial score (nSPS) is 10.4. The number of nitrogens with one attached hydrogen (secondary N) is 1. The summed E-state index contributed by atoms with van der Waals surface area (Å²) in [5.41, 5.74) is 1.57. The topological polar surface area (TPSA) is 84.9 Å². The van der Waals surface area contributed by atoms with Crippen LogP contribution in [0.3, 0.4) is 0 Å². The van der Waals surface area contributed by atoms with Crippen LogP contribution in [0.1, 0.15) is 29.3 Å². The van der Waals surface area contributed by atoms with Crippen LogP contribution in [0, 0.1) is 0 Å². The molecule has 0 aliphatic heterocycles. The van der Waals surface area contributed by atoms with Crippen molar-refractivity contribution in [3.05, 3.63) is 63.7 Å². The minimum absolute atomic E-state index is 0.0564. The number of benzene rings is 2. The van der Waals surface area contributed by atoms with Crippen LogP contribution in [0.5, 0.6) is 17.2 Å². The van der Waals surface area contributed by atoms with Crippen molar-refractivity contribution in [2.45, 2.75) is 19.8 Å². The molecule has 0 fully saturated rings. The average molecular weight is 452 g/mol. The predicted octanol–water partition coefficient (Wildman–Crippen LogP) is 4.59. The zero-order chi connectivity index (χ0) is 22.3. The third-order valence-electron chi connectivity index (χ3n) is 4.38. The number of amides is 1. The molecule has 0 saturated heterocycles. The van der Waals surface area contributed by atoms with Gasteiger partial charge < -0.3 is 19.9 Å². The van der Waals surface area contributed by atoms with Crippen molar-refractivity contribution in [2.75, 3.05) is 20.3 Å². The van der Waals surface area contributed by atoms with Gasteiger partial charge >= 0.3 is 0 Å². The smallest absolute Gasteiger partial charge is 0.257 e. The Kier molecular flexibility index (Phi) is 8.57. The lowest BCUT2D eigenvalue weighted by molar-refractivity contribution is -0.123. The fraction of sp³-hybridized carbons (Fsp3) is 0.273. The molecule has 0 bridgehead atoms. The van der Waals surface area contributed by atoms with E-state index in [0.29, 0.717) is 30.7 Å². The molecule has 0 aliphatic rings. The van der Waals surface area contributed by atoms with Gasteiger partial charge in [0.05, 0.1) is 12.1 Å². The van der Waals surface area contributed by atoms with Gasteiger partial charge in [-0.1, -0.05) is 42.8 Å². The maximum absolute atomic E-state index is 12.3. The number of ketones is 1. The number of hydrogen-bond acceptors (Lipinski definition) is 5. The highest BCUT2D eigenvalue weighted by molar-refractivity contribution is 6.45. The van der Waals surface area contributed by atoms with Crippen LogP contribution in [0.25, 0.3) is 0 Å². The standard InChI is InChI=1S/C22H23Cl2NO5/c1-4-13(2)22(28)15-6-8-17(21(24)20(15)23)30-12-19(27)25-10-9-14-5-7-16(26)18(11-14)29-3/h5-8,11,26H,2,4,9-10,12H2,1,3H3,(H,25,27). The number of carbonyl (C=O) groups excluding carboxylic acids is 2. The molecule has 2 N–H and O–H groups in total. The van der Waals surface area contributed by atoms with Gasteiger partial charge in [0, 0.05) is 12.1 Å². The monoisotopic (exact) mass is 451 g/mol. The molecule has 0 unspecified atom stereocenters. The zero-order valence-corrected chi connectivity index (χ0v) is 18.3. The minimum Gasteiger partial charge on any atom is -0.504 e. The van der Waals surface area contributed by atoms with Gasteiger partial charge in [-0.15, -0.1) is 0 Å². The summed E-state index contributed by atoms with van der Waals surface area (Å²) in [6.45, 7) is 5.65. The van der Waals surface area contributed by atoms with E-state index in [1.807, 2.05) is 6.92 Å². The summed E-state index contributed by atoms with van der Waals surface area (Å²) < 4.78 is 10.5. The quantitative estimate of drug-likeness (QED) is 0.407. The van der Waals surface area contributed by atoms with Gasteiger partial charge in [0.25, 0.3) is 5.91 Å². The highest BCUT2D eigenvalue weighted by atomic mass is 35.5. The van der Waals surface area contributed by atoms with E-state index in [0.717, 1.165) is 5.56 Å². The molecule has 0 radical (unpaired) electrons. The number of Topliss-reactive ketones (excluding diaryl/α,β-unsaturated/α-hetero) is 1. The van der Waals surface area contributed by atoms with Gasteiger partial charge in [-0.25, -0.2) is 0 Å². The van der Waals surface area contributed by atoms with Crippen molar-refractivity contribution < 1.29 is 24.2 Å². The van der Waals surface area contributed by atoms with E-state index in [4.69, 9.17) is 32.7 Å².